The minimum absolute atomic E-state index is 0.0333. The first-order valence-corrected chi connectivity index (χ1v) is 10.2. The molecule has 0 bridgehead atoms. The molecule has 0 aromatic heterocycles. The Morgan fingerprint density at radius 3 is 2.46 bits per heavy atom. The Balaban J connectivity index is 1.91. The van der Waals surface area contributed by atoms with E-state index in [1.54, 1.807) is 31.2 Å². The van der Waals surface area contributed by atoms with Crippen molar-refractivity contribution in [1.29, 1.82) is 0 Å². The normalized spacial score (nSPS) is 12.7. The summed E-state index contributed by atoms with van der Waals surface area (Å²) in [5.74, 6) is -1.32. The summed E-state index contributed by atoms with van der Waals surface area (Å²) >= 11 is -1.42. The van der Waals surface area contributed by atoms with Crippen molar-refractivity contribution in [3.05, 3.63) is 59.9 Å². The predicted octanol–water partition coefficient (Wildman–Crippen LogP) is 4.74. The standard InChI is InChI=1S/C19H19F4NOSe/c1-13(18(25)24-10-5-11-26-19(21,22)23)15-8-9-16(17(20)12-15)14-6-3-2-4-7-14/h2-4,6-9,12-13H,5,10-11H2,1H3,(H,24,25). The van der Waals surface area contributed by atoms with Gasteiger partial charge in [-0.2, -0.15) is 0 Å². The number of halogens is 4. The van der Waals surface area contributed by atoms with E-state index in [1.165, 1.54) is 6.07 Å². The van der Waals surface area contributed by atoms with Gasteiger partial charge in [-0.25, -0.2) is 0 Å². The number of hydrogen-bond donors (Lipinski definition) is 1. The molecule has 1 amide bonds. The zero-order chi connectivity index (χ0) is 19.2. The van der Waals surface area contributed by atoms with Gasteiger partial charge >= 0.3 is 138 Å². The molecule has 0 aliphatic carbocycles. The van der Waals surface area contributed by atoms with Gasteiger partial charge in [-0.1, -0.05) is 18.2 Å². The van der Waals surface area contributed by atoms with Crippen molar-refractivity contribution in [2.24, 2.45) is 0 Å². The molecule has 2 aromatic rings. The van der Waals surface area contributed by atoms with Crippen molar-refractivity contribution in [1.82, 2.24) is 5.32 Å². The quantitative estimate of drug-likeness (QED) is 0.382. The van der Waals surface area contributed by atoms with E-state index < -0.39 is 31.8 Å². The van der Waals surface area contributed by atoms with Crippen molar-refractivity contribution < 1.29 is 22.4 Å². The van der Waals surface area contributed by atoms with Crippen LogP contribution in [-0.2, 0) is 4.79 Å². The van der Waals surface area contributed by atoms with Crippen LogP contribution in [0.1, 0.15) is 24.8 Å². The molecule has 0 fully saturated rings. The molecule has 140 valence electrons. The molecule has 0 spiro atoms. The average Bonchev–Trinajstić information content (AvgIpc) is 2.60. The molecule has 0 heterocycles. The zero-order valence-electron chi connectivity index (χ0n) is 14.1. The van der Waals surface area contributed by atoms with E-state index in [9.17, 15) is 22.4 Å². The van der Waals surface area contributed by atoms with Crippen molar-refractivity contribution in [3.63, 3.8) is 0 Å². The Morgan fingerprint density at radius 2 is 1.85 bits per heavy atom. The summed E-state index contributed by atoms with van der Waals surface area (Å²) in [6, 6.07) is 13.8. The topological polar surface area (TPSA) is 29.1 Å². The number of hydrogen-bond acceptors (Lipinski definition) is 1. The second-order valence-electron chi connectivity index (χ2n) is 5.77. The molecule has 0 saturated carbocycles. The second kappa shape index (κ2) is 9.19. The first kappa shape index (κ1) is 20.5. The van der Waals surface area contributed by atoms with Crippen molar-refractivity contribution in [3.8, 4) is 11.1 Å². The van der Waals surface area contributed by atoms with Gasteiger partial charge in [0.1, 0.15) is 0 Å². The molecule has 7 heteroatoms. The van der Waals surface area contributed by atoms with Crippen LogP contribution in [-0.4, -0.2) is 32.5 Å². The molecule has 1 atom stereocenters. The van der Waals surface area contributed by atoms with Gasteiger partial charge in [0.2, 0.25) is 0 Å². The summed E-state index contributed by atoms with van der Waals surface area (Å²) in [5.41, 5.74) is 1.73. The third-order valence-electron chi connectivity index (χ3n) is 3.86. The Labute approximate surface area is 156 Å². The second-order valence-corrected chi connectivity index (χ2v) is 8.20. The SMILES string of the molecule is CC(C(=O)NCCC[Se]C(F)(F)F)c1ccc(-c2ccccc2)c(F)c1. The van der Waals surface area contributed by atoms with E-state index in [2.05, 4.69) is 5.32 Å². The van der Waals surface area contributed by atoms with E-state index in [0.29, 0.717) is 11.1 Å². The minimum atomic E-state index is -4.11. The first-order valence-electron chi connectivity index (χ1n) is 8.11. The van der Waals surface area contributed by atoms with E-state index >= 15 is 0 Å². The van der Waals surface area contributed by atoms with E-state index in [0.717, 1.165) is 5.56 Å². The number of amides is 1. The summed E-state index contributed by atoms with van der Waals surface area (Å²) in [5, 5.41) is -1.46. The zero-order valence-corrected chi connectivity index (χ0v) is 15.9. The van der Waals surface area contributed by atoms with Gasteiger partial charge < -0.3 is 0 Å². The molecule has 2 aromatic carbocycles. The van der Waals surface area contributed by atoms with Crippen LogP contribution >= 0.6 is 0 Å². The van der Waals surface area contributed by atoms with Gasteiger partial charge in [0, 0.05) is 0 Å². The predicted molar refractivity (Wildman–Crippen MR) is 94.5 cm³/mol. The van der Waals surface area contributed by atoms with Crippen LogP contribution in [0.4, 0.5) is 17.6 Å². The average molecular weight is 432 g/mol. The fraction of sp³-hybridized carbons (Fsp3) is 0.316. The van der Waals surface area contributed by atoms with Crippen LogP contribution in [0.5, 0.6) is 0 Å². The summed E-state index contributed by atoms with van der Waals surface area (Å²) in [4.78, 5) is 12.1. The molecular formula is C19H19F4NOSe. The number of carbonyl (C=O) groups excluding carboxylic acids is 1. The molecular weight excluding hydrogens is 413 g/mol. The Hall–Kier alpha value is -1.85. The van der Waals surface area contributed by atoms with Gasteiger partial charge in [-0.3, -0.25) is 0 Å². The summed E-state index contributed by atoms with van der Waals surface area (Å²) in [6.45, 7) is 1.83. The fourth-order valence-corrected chi connectivity index (χ4v) is 3.52. The molecule has 0 radical (unpaired) electrons. The number of nitrogens with one attached hydrogen (secondary N) is 1. The van der Waals surface area contributed by atoms with Crippen molar-refractivity contribution in [2.45, 2.75) is 29.7 Å². The summed E-state index contributed by atoms with van der Waals surface area (Å²) in [7, 11) is 0. The van der Waals surface area contributed by atoms with Crippen LogP contribution in [0.2, 0.25) is 5.32 Å². The third kappa shape index (κ3) is 6.15. The molecule has 2 nitrogen and oxygen atoms in total. The molecule has 0 aliphatic rings. The first-order chi connectivity index (χ1) is 12.3. The van der Waals surface area contributed by atoms with Gasteiger partial charge in [0.15, 0.2) is 0 Å². The van der Waals surface area contributed by atoms with Gasteiger partial charge in [-0.05, 0) is 0 Å². The third-order valence-corrected chi connectivity index (χ3v) is 5.58. The molecule has 1 N–H and O–H groups in total. The van der Waals surface area contributed by atoms with Gasteiger partial charge in [0.05, 0.1) is 0 Å². The number of alkyl halides is 3. The molecule has 1 unspecified atom stereocenters. The van der Waals surface area contributed by atoms with Crippen LogP contribution in [0.25, 0.3) is 11.1 Å². The van der Waals surface area contributed by atoms with E-state index in [-0.39, 0.29) is 24.2 Å². The van der Waals surface area contributed by atoms with Crippen LogP contribution in [0, 0.1) is 5.82 Å². The maximum atomic E-state index is 14.4. The fourth-order valence-electron chi connectivity index (χ4n) is 2.43. The summed E-state index contributed by atoms with van der Waals surface area (Å²) in [6.07, 6.45) is 0.277. The van der Waals surface area contributed by atoms with E-state index in [1.807, 2.05) is 18.2 Å². The van der Waals surface area contributed by atoms with Crippen LogP contribution in [0.15, 0.2) is 48.5 Å². The number of rotatable bonds is 7. The maximum absolute atomic E-state index is 14.4. The number of benzene rings is 2. The monoisotopic (exact) mass is 433 g/mol. The van der Waals surface area contributed by atoms with Crippen molar-refractivity contribution in [2.75, 3.05) is 6.54 Å². The molecule has 2 rings (SSSR count). The summed E-state index contributed by atoms with van der Waals surface area (Å²) < 4.78 is 50.7. The molecule has 26 heavy (non-hydrogen) atoms. The molecule has 0 saturated heterocycles. The Bertz CT molecular complexity index is 734. The van der Waals surface area contributed by atoms with Crippen molar-refractivity contribution >= 4 is 20.9 Å². The Morgan fingerprint density at radius 1 is 1.15 bits per heavy atom. The van der Waals surface area contributed by atoms with Gasteiger partial charge in [0.25, 0.3) is 0 Å². The van der Waals surface area contributed by atoms with Crippen LogP contribution < -0.4 is 5.32 Å². The van der Waals surface area contributed by atoms with E-state index in [4.69, 9.17) is 0 Å². The van der Waals surface area contributed by atoms with Gasteiger partial charge in [-0.15, -0.1) is 0 Å². The molecule has 0 aliphatic heterocycles. The number of carbonyl (C=O) groups is 1. The van der Waals surface area contributed by atoms with Crippen LogP contribution in [0.3, 0.4) is 0 Å². The Kier molecular flexibility index (Phi) is 7.23.